The number of nitrogens with one attached hydrogen (secondary N) is 1. The summed E-state index contributed by atoms with van der Waals surface area (Å²) in [5.41, 5.74) is 8.15. The minimum Gasteiger partial charge on any atom is -0.478 e. The molecule has 10 nitrogen and oxygen atoms in total. The molecule has 10 heteroatoms. The van der Waals surface area contributed by atoms with Crippen LogP contribution >= 0.6 is 0 Å². The molecule has 0 amide bonds. The number of esters is 2. The van der Waals surface area contributed by atoms with Gasteiger partial charge in [-0.3, -0.25) is 4.90 Å². The summed E-state index contributed by atoms with van der Waals surface area (Å²) >= 11 is 0. The van der Waals surface area contributed by atoms with Gasteiger partial charge in [0.2, 0.25) is 0 Å². The Labute approximate surface area is 230 Å². The number of allylic oxidation sites excluding steroid dienone is 1. The Kier molecular flexibility index (Phi) is 7.86. The van der Waals surface area contributed by atoms with E-state index in [2.05, 4.69) is 11.4 Å². The van der Waals surface area contributed by atoms with Crippen molar-refractivity contribution in [3.05, 3.63) is 112 Å². The molecule has 0 saturated carbocycles. The van der Waals surface area contributed by atoms with E-state index < -0.39 is 23.8 Å². The molecular weight excluding hydrogens is 512 g/mol. The number of nitrogens with two attached hydrogens (primary N) is 1. The molecule has 0 aliphatic carbocycles. The van der Waals surface area contributed by atoms with Crippen molar-refractivity contribution in [1.82, 2.24) is 0 Å². The van der Waals surface area contributed by atoms with Crippen LogP contribution in [0.1, 0.15) is 27.4 Å². The second kappa shape index (κ2) is 11.4. The number of anilines is 3. The SMILES string of the molecule is COC(=O)C1=C(C(=O)OC)N(c2cccc(C(=O)O)c2Nc2ccc(C)cc2)C(N)=C(C#N)C1c1ccccc1. The Bertz CT molecular complexity index is 1590. The van der Waals surface area contributed by atoms with Gasteiger partial charge in [-0.15, -0.1) is 0 Å². The first kappa shape index (κ1) is 27.5. The highest BCUT2D eigenvalue weighted by atomic mass is 16.5. The maximum atomic E-state index is 13.4. The molecule has 40 heavy (non-hydrogen) atoms. The van der Waals surface area contributed by atoms with E-state index in [1.54, 1.807) is 42.5 Å². The van der Waals surface area contributed by atoms with Crippen molar-refractivity contribution in [2.45, 2.75) is 12.8 Å². The third kappa shape index (κ3) is 4.96. The fraction of sp³-hybridized carbons (Fsp3) is 0.133. The first-order valence-corrected chi connectivity index (χ1v) is 12.1. The van der Waals surface area contributed by atoms with Crippen molar-refractivity contribution in [2.24, 2.45) is 5.73 Å². The van der Waals surface area contributed by atoms with Gasteiger partial charge in [-0.05, 0) is 36.8 Å². The molecule has 4 N–H and O–H groups in total. The number of nitriles is 1. The smallest absolute Gasteiger partial charge is 0.355 e. The van der Waals surface area contributed by atoms with E-state index in [1.807, 2.05) is 19.1 Å². The molecule has 3 aromatic carbocycles. The van der Waals surface area contributed by atoms with Gasteiger partial charge in [-0.25, -0.2) is 14.4 Å². The van der Waals surface area contributed by atoms with E-state index >= 15 is 0 Å². The van der Waals surface area contributed by atoms with Crippen molar-refractivity contribution in [3.63, 3.8) is 0 Å². The zero-order chi connectivity index (χ0) is 29.0. The molecule has 1 atom stereocenters. The third-order valence-electron chi connectivity index (χ3n) is 6.45. The molecule has 0 saturated heterocycles. The quantitative estimate of drug-likeness (QED) is 0.370. The molecule has 1 heterocycles. The summed E-state index contributed by atoms with van der Waals surface area (Å²) < 4.78 is 10.1. The summed E-state index contributed by atoms with van der Waals surface area (Å²) in [5, 5.41) is 23.4. The predicted molar refractivity (Wildman–Crippen MR) is 147 cm³/mol. The van der Waals surface area contributed by atoms with E-state index in [0.29, 0.717) is 11.3 Å². The molecule has 0 bridgehead atoms. The predicted octanol–water partition coefficient (Wildman–Crippen LogP) is 4.33. The van der Waals surface area contributed by atoms with Crippen LogP contribution in [0.3, 0.4) is 0 Å². The second-order valence-corrected chi connectivity index (χ2v) is 8.83. The number of carbonyl (C=O) groups is 3. The number of ether oxygens (including phenoxy) is 2. The van der Waals surface area contributed by atoms with Crippen LogP contribution in [0.4, 0.5) is 17.1 Å². The van der Waals surface area contributed by atoms with Gasteiger partial charge in [-0.1, -0.05) is 54.1 Å². The van der Waals surface area contributed by atoms with Gasteiger partial charge in [0.05, 0.1) is 54.3 Å². The molecule has 0 fully saturated rings. The van der Waals surface area contributed by atoms with Crippen molar-refractivity contribution in [1.29, 1.82) is 5.26 Å². The Balaban J connectivity index is 2.08. The summed E-state index contributed by atoms with van der Waals surface area (Å²) in [5.74, 6) is -4.32. The number of carbonyl (C=O) groups excluding carboxylic acids is 2. The summed E-state index contributed by atoms with van der Waals surface area (Å²) in [6.45, 7) is 1.91. The molecule has 0 spiro atoms. The first-order chi connectivity index (χ1) is 19.2. The van der Waals surface area contributed by atoms with Crippen LogP contribution < -0.4 is 16.0 Å². The summed E-state index contributed by atoms with van der Waals surface area (Å²) in [7, 11) is 2.29. The van der Waals surface area contributed by atoms with Gasteiger partial charge in [0.15, 0.2) is 0 Å². The highest BCUT2D eigenvalue weighted by Crippen LogP contribution is 2.45. The number of aromatic carboxylic acids is 1. The van der Waals surface area contributed by atoms with Gasteiger partial charge in [0.25, 0.3) is 0 Å². The Morgan fingerprint density at radius 2 is 1.60 bits per heavy atom. The number of carboxylic acid groups (broad SMARTS) is 1. The zero-order valence-electron chi connectivity index (χ0n) is 22.0. The van der Waals surface area contributed by atoms with Crippen molar-refractivity contribution < 1.29 is 29.0 Å². The van der Waals surface area contributed by atoms with Crippen LogP contribution in [-0.2, 0) is 19.1 Å². The number of para-hydroxylation sites is 1. The lowest BCUT2D eigenvalue weighted by Crippen LogP contribution is -2.41. The lowest BCUT2D eigenvalue weighted by atomic mass is 9.81. The average Bonchev–Trinajstić information content (AvgIpc) is 2.97. The third-order valence-corrected chi connectivity index (χ3v) is 6.45. The minimum absolute atomic E-state index is 0.0405. The highest BCUT2D eigenvalue weighted by Gasteiger charge is 2.43. The maximum absolute atomic E-state index is 13.4. The van der Waals surface area contributed by atoms with Gasteiger partial charge in [0.1, 0.15) is 11.5 Å². The number of methoxy groups -OCH3 is 2. The van der Waals surface area contributed by atoms with Crippen LogP contribution in [0.5, 0.6) is 0 Å². The van der Waals surface area contributed by atoms with Crippen molar-refractivity contribution >= 4 is 35.0 Å². The van der Waals surface area contributed by atoms with Crippen LogP contribution in [-0.4, -0.2) is 37.2 Å². The van der Waals surface area contributed by atoms with Crippen molar-refractivity contribution in [3.8, 4) is 6.07 Å². The highest BCUT2D eigenvalue weighted by molar-refractivity contribution is 6.08. The van der Waals surface area contributed by atoms with Crippen molar-refractivity contribution in [2.75, 3.05) is 24.4 Å². The molecule has 3 aromatic rings. The molecule has 0 aromatic heterocycles. The average molecular weight is 539 g/mol. The molecule has 4 rings (SSSR count). The van der Waals surface area contributed by atoms with Gasteiger partial charge >= 0.3 is 17.9 Å². The standard InChI is InChI=1S/C30H26N4O6/c1-17-12-14-19(15-13-17)33-25-20(28(35)36)10-7-11-22(25)34-26(30(38)40-3)24(29(37)39-2)23(21(16-31)27(34)32)18-8-5-4-6-9-18/h4-15,23,33H,32H2,1-3H3,(H,35,36). The number of hydrogen-bond donors (Lipinski definition) is 3. The number of carboxylic acids is 1. The van der Waals surface area contributed by atoms with Gasteiger partial charge < -0.3 is 25.6 Å². The zero-order valence-corrected chi connectivity index (χ0v) is 22.0. The largest absolute Gasteiger partial charge is 0.478 e. The number of rotatable bonds is 7. The summed E-state index contributed by atoms with van der Waals surface area (Å²) in [4.78, 5) is 40.2. The minimum atomic E-state index is -1.25. The molecule has 1 aliphatic heterocycles. The Hall–Kier alpha value is -5.56. The number of hydrogen-bond acceptors (Lipinski definition) is 9. The van der Waals surface area contributed by atoms with Crippen LogP contribution in [0.15, 0.2) is 95.5 Å². The van der Waals surface area contributed by atoms with Crippen LogP contribution in [0.25, 0.3) is 0 Å². The van der Waals surface area contributed by atoms with E-state index in [9.17, 15) is 24.8 Å². The Morgan fingerprint density at radius 3 is 2.17 bits per heavy atom. The normalized spacial score (nSPS) is 14.8. The molecular formula is C30H26N4O6. The lowest BCUT2D eigenvalue weighted by molar-refractivity contribution is -0.139. The first-order valence-electron chi connectivity index (χ1n) is 12.1. The van der Waals surface area contributed by atoms with Gasteiger partial charge in [0, 0.05) is 5.69 Å². The van der Waals surface area contributed by atoms with Gasteiger partial charge in [-0.2, -0.15) is 5.26 Å². The van der Waals surface area contributed by atoms with Crippen LogP contribution in [0.2, 0.25) is 0 Å². The molecule has 1 aliphatic rings. The maximum Gasteiger partial charge on any atom is 0.355 e. The Morgan fingerprint density at radius 1 is 0.950 bits per heavy atom. The van der Waals surface area contributed by atoms with E-state index in [0.717, 1.165) is 19.8 Å². The molecule has 0 radical (unpaired) electrons. The van der Waals surface area contributed by atoms with E-state index in [4.69, 9.17) is 15.2 Å². The lowest BCUT2D eigenvalue weighted by Gasteiger charge is -2.37. The van der Waals surface area contributed by atoms with E-state index in [1.165, 1.54) is 23.1 Å². The number of aryl methyl sites for hydroxylation is 1. The fourth-order valence-corrected chi connectivity index (χ4v) is 4.58. The van der Waals surface area contributed by atoms with Crippen LogP contribution in [0, 0.1) is 18.3 Å². The fourth-order valence-electron chi connectivity index (χ4n) is 4.58. The monoisotopic (exact) mass is 538 g/mol. The number of benzene rings is 3. The molecule has 202 valence electrons. The summed E-state index contributed by atoms with van der Waals surface area (Å²) in [6.07, 6.45) is 0. The molecule has 1 unspecified atom stereocenters. The van der Waals surface area contributed by atoms with E-state index in [-0.39, 0.29) is 39.6 Å². The number of nitrogens with zero attached hydrogens (tertiary/aromatic N) is 2. The topological polar surface area (TPSA) is 155 Å². The summed E-state index contributed by atoms with van der Waals surface area (Å²) in [6, 6.07) is 22.2. The second-order valence-electron chi connectivity index (χ2n) is 8.83.